The Morgan fingerprint density at radius 1 is 1.28 bits per heavy atom. The third-order valence-corrected chi connectivity index (χ3v) is 2.98. The summed E-state index contributed by atoms with van der Waals surface area (Å²) in [7, 11) is 0. The Morgan fingerprint density at radius 2 is 1.89 bits per heavy atom. The van der Waals surface area contributed by atoms with Crippen LogP contribution >= 0.6 is 0 Å². The highest BCUT2D eigenvalue weighted by Crippen LogP contribution is 2.11. The van der Waals surface area contributed by atoms with Crippen LogP contribution in [0, 0.1) is 6.92 Å². The number of hydrogen-bond acceptors (Lipinski definition) is 5. The van der Waals surface area contributed by atoms with Crippen molar-refractivity contribution in [2.24, 2.45) is 0 Å². The second-order valence-electron chi connectivity index (χ2n) is 5.11. The lowest BCUT2D eigenvalue weighted by molar-refractivity contribution is 0.182. The topological polar surface area (TPSA) is 67.1 Å². The fourth-order valence-electron chi connectivity index (χ4n) is 2.05. The quantitative estimate of drug-likeness (QED) is 0.808. The SMILES string of the molecule is Cc1cnc(N)nc1NCCN(C(C)C)C(C)C. The number of aromatic nitrogens is 2. The van der Waals surface area contributed by atoms with Crippen molar-refractivity contribution in [1.82, 2.24) is 14.9 Å². The highest BCUT2D eigenvalue weighted by molar-refractivity contribution is 5.44. The van der Waals surface area contributed by atoms with Gasteiger partial charge in [0.2, 0.25) is 5.95 Å². The van der Waals surface area contributed by atoms with Gasteiger partial charge in [0.15, 0.2) is 0 Å². The Kier molecular flexibility index (Phi) is 5.34. The van der Waals surface area contributed by atoms with Crippen molar-refractivity contribution in [3.05, 3.63) is 11.8 Å². The number of hydrogen-bond donors (Lipinski definition) is 2. The van der Waals surface area contributed by atoms with E-state index in [0.29, 0.717) is 18.0 Å². The maximum atomic E-state index is 5.58. The van der Waals surface area contributed by atoms with Gasteiger partial charge in [-0.15, -0.1) is 0 Å². The van der Waals surface area contributed by atoms with Gasteiger partial charge in [0.1, 0.15) is 5.82 Å². The number of rotatable bonds is 6. The molecule has 0 aromatic carbocycles. The zero-order chi connectivity index (χ0) is 13.7. The van der Waals surface area contributed by atoms with Crippen LogP contribution in [0.3, 0.4) is 0 Å². The summed E-state index contributed by atoms with van der Waals surface area (Å²) in [5.74, 6) is 1.14. The van der Waals surface area contributed by atoms with E-state index in [2.05, 4.69) is 47.9 Å². The molecule has 5 heteroatoms. The third kappa shape index (κ3) is 4.14. The zero-order valence-electron chi connectivity index (χ0n) is 12.1. The second kappa shape index (κ2) is 6.54. The van der Waals surface area contributed by atoms with E-state index in [4.69, 9.17) is 5.73 Å². The molecule has 0 atom stereocenters. The molecule has 18 heavy (non-hydrogen) atoms. The first-order valence-corrected chi connectivity index (χ1v) is 6.50. The van der Waals surface area contributed by atoms with E-state index in [1.54, 1.807) is 6.20 Å². The number of nitrogen functional groups attached to an aromatic ring is 1. The molecular formula is C13H25N5. The van der Waals surface area contributed by atoms with Gasteiger partial charge >= 0.3 is 0 Å². The monoisotopic (exact) mass is 251 g/mol. The molecule has 0 aliphatic carbocycles. The summed E-state index contributed by atoms with van der Waals surface area (Å²) >= 11 is 0. The summed E-state index contributed by atoms with van der Waals surface area (Å²) in [4.78, 5) is 10.6. The first-order valence-electron chi connectivity index (χ1n) is 6.50. The van der Waals surface area contributed by atoms with Crippen molar-refractivity contribution in [2.45, 2.75) is 46.7 Å². The maximum absolute atomic E-state index is 5.58. The zero-order valence-corrected chi connectivity index (χ0v) is 12.1. The molecule has 1 heterocycles. The first kappa shape index (κ1) is 14.7. The van der Waals surface area contributed by atoms with Gasteiger partial charge in [0, 0.05) is 36.9 Å². The predicted molar refractivity (Wildman–Crippen MR) is 76.6 cm³/mol. The summed E-state index contributed by atoms with van der Waals surface area (Å²) in [5.41, 5.74) is 6.60. The van der Waals surface area contributed by atoms with Crippen LogP contribution in [-0.4, -0.2) is 40.0 Å². The minimum atomic E-state index is 0.313. The van der Waals surface area contributed by atoms with Crippen LogP contribution in [-0.2, 0) is 0 Å². The van der Waals surface area contributed by atoms with Crippen molar-refractivity contribution in [3.8, 4) is 0 Å². The van der Waals surface area contributed by atoms with Crippen LogP contribution in [0.2, 0.25) is 0 Å². The Bertz CT molecular complexity index is 368. The van der Waals surface area contributed by atoms with Gasteiger partial charge in [0.05, 0.1) is 0 Å². The fraction of sp³-hybridized carbons (Fsp3) is 0.692. The standard InChI is InChI=1S/C13H25N5/c1-9(2)18(10(3)4)7-6-15-12-11(5)8-16-13(14)17-12/h8-10H,6-7H2,1-5H3,(H3,14,15,16,17). The van der Waals surface area contributed by atoms with Crippen LogP contribution in [0.4, 0.5) is 11.8 Å². The molecule has 1 rings (SSSR count). The molecule has 0 bridgehead atoms. The summed E-state index contributed by atoms with van der Waals surface area (Å²) < 4.78 is 0. The Morgan fingerprint density at radius 3 is 2.44 bits per heavy atom. The van der Waals surface area contributed by atoms with E-state index < -0.39 is 0 Å². The lowest BCUT2D eigenvalue weighted by Crippen LogP contribution is -2.40. The molecule has 5 nitrogen and oxygen atoms in total. The molecule has 0 aliphatic rings. The van der Waals surface area contributed by atoms with Crippen LogP contribution in [0.1, 0.15) is 33.3 Å². The molecule has 0 saturated heterocycles. The number of nitrogens with one attached hydrogen (secondary N) is 1. The van der Waals surface area contributed by atoms with Gasteiger partial charge in [-0.05, 0) is 34.6 Å². The van der Waals surface area contributed by atoms with Crippen molar-refractivity contribution < 1.29 is 0 Å². The molecule has 0 unspecified atom stereocenters. The molecule has 0 saturated carbocycles. The van der Waals surface area contributed by atoms with Gasteiger partial charge in [-0.1, -0.05) is 0 Å². The van der Waals surface area contributed by atoms with Crippen LogP contribution in [0.25, 0.3) is 0 Å². The summed E-state index contributed by atoms with van der Waals surface area (Å²) in [6.45, 7) is 12.7. The number of anilines is 2. The molecule has 0 aliphatic heterocycles. The first-order chi connectivity index (χ1) is 8.41. The maximum Gasteiger partial charge on any atom is 0.221 e. The minimum absolute atomic E-state index is 0.313. The number of nitrogens with zero attached hydrogens (tertiary/aromatic N) is 3. The van der Waals surface area contributed by atoms with Crippen molar-refractivity contribution in [1.29, 1.82) is 0 Å². The van der Waals surface area contributed by atoms with Crippen molar-refractivity contribution in [2.75, 3.05) is 24.1 Å². The smallest absolute Gasteiger partial charge is 0.221 e. The van der Waals surface area contributed by atoms with Crippen LogP contribution in [0.15, 0.2) is 6.20 Å². The second-order valence-corrected chi connectivity index (χ2v) is 5.11. The lowest BCUT2D eigenvalue weighted by atomic mass is 10.2. The van der Waals surface area contributed by atoms with E-state index in [1.165, 1.54) is 0 Å². The van der Waals surface area contributed by atoms with Crippen LogP contribution in [0.5, 0.6) is 0 Å². The molecule has 102 valence electrons. The summed E-state index contributed by atoms with van der Waals surface area (Å²) in [6, 6.07) is 1.09. The minimum Gasteiger partial charge on any atom is -0.368 e. The van der Waals surface area contributed by atoms with Crippen molar-refractivity contribution in [3.63, 3.8) is 0 Å². The fourth-order valence-corrected chi connectivity index (χ4v) is 2.05. The van der Waals surface area contributed by atoms with E-state index in [9.17, 15) is 0 Å². The average Bonchev–Trinajstić information content (AvgIpc) is 2.27. The summed E-state index contributed by atoms with van der Waals surface area (Å²) in [5, 5.41) is 3.32. The van der Waals surface area contributed by atoms with Crippen molar-refractivity contribution >= 4 is 11.8 Å². The molecule has 3 N–H and O–H groups in total. The molecule has 1 aromatic heterocycles. The lowest BCUT2D eigenvalue weighted by Gasteiger charge is -2.30. The largest absolute Gasteiger partial charge is 0.368 e. The highest BCUT2D eigenvalue weighted by Gasteiger charge is 2.12. The van der Waals surface area contributed by atoms with Gasteiger partial charge in [-0.2, -0.15) is 4.98 Å². The molecule has 1 aromatic rings. The Labute approximate surface area is 110 Å². The van der Waals surface area contributed by atoms with Gasteiger partial charge in [-0.3, -0.25) is 4.90 Å². The normalized spacial score (nSPS) is 11.6. The van der Waals surface area contributed by atoms with E-state index >= 15 is 0 Å². The molecule has 0 amide bonds. The number of nitrogens with two attached hydrogens (primary N) is 1. The predicted octanol–water partition coefficient (Wildman–Crippen LogP) is 1.90. The van der Waals surface area contributed by atoms with E-state index in [0.717, 1.165) is 24.5 Å². The van der Waals surface area contributed by atoms with Gasteiger partial charge in [0.25, 0.3) is 0 Å². The summed E-state index contributed by atoms with van der Waals surface area (Å²) in [6.07, 6.45) is 1.74. The van der Waals surface area contributed by atoms with Crippen LogP contribution < -0.4 is 11.1 Å². The number of aryl methyl sites for hydroxylation is 1. The third-order valence-electron chi connectivity index (χ3n) is 2.98. The highest BCUT2D eigenvalue weighted by atomic mass is 15.2. The Balaban J connectivity index is 2.52. The molecular weight excluding hydrogens is 226 g/mol. The average molecular weight is 251 g/mol. The van der Waals surface area contributed by atoms with E-state index in [1.807, 2.05) is 6.92 Å². The molecule has 0 spiro atoms. The van der Waals surface area contributed by atoms with Gasteiger partial charge < -0.3 is 11.1 Å². The van der Waals surface area contributed by atoms with E-state index in [-0.39, 0.29) is 0 Å². The Hall–Kier alpha value is -1.36. The van der Waals surface area contributed by atoms with Gasteiger partial charge in [-0.25, -0.2) is 4.98 Å². The molecule has 0 radical (unpaired) electrons. The molecule has 0 fully saturated rings.